The Kier molecular flexibility index (Phi) is 3.28. The first-order valence-electron chi connectivity index (χ1n) is 5.67. The Morgan fingerprint density at radius 1 is 1.22 bits per heavy atom. The van der Waals surface area contributed by atoms with Crippen molar-refractivity contribution in [2.75, 3.05) is 5.32 Å². The van der Waals surface area contributed by atoms with Crippen molar-refractivity contribution >= 4 is 17.4 Å². The predicted molar refractivity (Wildman–Crippen MR) is 72.0 cm³/mol. The first kappa shape index (κ1) is 12.1. The molecule has 0 atom stereocenters. The van der Waals surface area contributed by atoms with Gasteiger partial charge in [-0.2, -0.15) is 0 Å². The van der Waals surface area contributed by atoms with Crippen LogP contribution in [-0.2, 0) is 0 Å². The van der Waals surface area contributed by atoms with Gasteiger partial charge in [-0.05, 0) is 49.2 Å². The lowest BCUT2D eigenvalue weighted by Gasteiger charge is -2.10. The predicted octanol–water partition coefficient (Wildman–Crippen LogP) is 2.54. The molecular weight excluding hydrogens is 226 g/mol. The van der Waals surface area contributed by atoms with Gasteiger partial charge in [-0.15, -0.1) is 0 Å². The van der Waals surface area contributed by atoms with Gasteiger partial charge in [0.25, 0.3) is 5.91 Å². The van der Waals surface area contributed by atoms with Gasteiger partial charge in [-0.3, -0.25) is 4.79 Å². The first-order valence-corrected chi connectivity index (χ1v) is 5.67. The molecule has 1 aromatic heterocycles. The van der Waals surface area contributed by atoms with Crippen molar-refractivity contribution in [1.82, 2.24) is 4.98 Å². The molecule has 0 radical (unpaired) electrons. The monoisotopic (exact) mass is 241 g/mol. The molecule has 2 aromatic rings. The zero-order valence-electron chi connectivity index (χ0n) is 10.4. The number of amides is 1. The van der Waals surface area contributed by atoms with Gasteiger partial charge < -0.3 is 11.1 Å². The number of nitrogens with one attached hydrogen (secondary N) is 1. The van der Waals surface area contributed by atoms with E-state index in [4.69, 9.17) is 5.73 Å². The Morgan fingerprint density at radius 3 is 2.67 bits per heavy atom. The van der Waals surface area contributed by atoms with Crippen molar-refractivity contribution in [3.63, 3.8) is 0 Å². The number of pyridine rings is 1. The number of anilines is 2. The molecule has 0 unspecified atom stereocenters. The molecule has 0 aliphatic rings. The molecule has 4 heteroatoms. The van der Waals surface area contributed by atoms with E-state index in [-0.39, 0.29) is 0 Å². The van der Waals surface area contributed by atoms with Crippen LogP contribution in [0, 0.1) is 13.8 Å². The maximum Gasteiger partial charge on any atom is 0.252 e. The normalized spacial score (nSPS) is 10.1. The number of aryl methyl sites for hydroxylation is 2. The third kappa shape index (κ3) is 2.48. The average molecular weight is 241 g/mol. The van der Waals surface area contributed by atoms with E-state index in [1.807, 2.05) is 25.1 Å². The highest BCUT2D eigenvalue weighted by atomic mass is 16.1. The Hall–Kier alpha value is -2.36. The van der Waals surface area contributed by atoms with Crippen molar-refractivity contribution in [3.05, 3.63) is 53.2 Å². The second-order valence-electron chi connectivity index (χ2n) is 4.19. The third-order valence-electron chi connectivity index (χ3n) is 2.84. The summed E-state index contributed by atoms with van der Waals surface area (Å²) in [6.45, 7) is 4.09. The smallest absolute Gasteiger partial charge is 0.252 e. The summed E-state index contributed by atoms with van der Waals surface area (Å²) in [5, 5.41) is 3.11. The van der Waals surface area contributed by atoms with Gasteiger partial charge in [0.2, 0.25) is 0 Å². The topological polar surface area (TPSA) is 68.0 Å². The molecule has 1 aromatic carbocycles. The van der Waals surface area contributed by atoms with Crippen LogP contribution in [0.1, 0.15) is 21.5 Å². The van der Waals surface area contributed by atoms with Gasteiger partial charge in [-0.1, -0.05) is 6.07 Å². The van der Waals surface area contributed by atoms with Crippen molar-refractivity contribution in [2.24, 2.45) is 5.73 Å². The number of carbonyl (C=O) groups is 1. The summed E-state index contributed by atoms with van der Waals surface area (Å²) >= 11 is 0. The second-order valence-corrected chi connectivity index (χ2v) is 4.19. The minimum absolute atomic E-state index is 0.385. The molecule has 1 amide bonds. The van der Waals surface area contributed by atoms with Crippen molar-refractivity contribution in [1.29, 1.82) is 0 Å². The molecule has 0 saturated heterocycles. The lowest BCUT2D eigenvalue weighted by atomic mass is 10.1. The quantitative estimate of drug-likeness (QED) is 0.867. The van der Waals surface area contributed by atoms with Gasteiger partial charge in [0, 0.05) is 11.9 Å². The Morgan fingerprint density at radius 2 is 2.00 bits per heavy atom. The fraction of sp³-hybridized carbons (Fsp3) is 0.143. The number of hydrogen-bond donors (Lipinski definition) is 2. The first-order chi connectivity index (χ1) is 8.58. The summed E-state index contributed by atoms with van der Waals surface area (Å²) in [4.78, 5) is 15.4. The molecule has 0 spiro atoms. The maximum atomic E-state index is 11.3. The highest BCUT2D eigenvalue weighted by Gasteiger charge is 2.08. The number of nitrogens with zero attached hydrogens (tertiary/aromatic N) is 1. The largest absolute Gasteiger partial charge is 0.365 e. The minimum Gasteiger partial charge on any atom is -0.365 e. The number of carbonyl (C=O) groups excluding carboxylic acids is 1. The summed E-state index contributed by atoms with van der Waals surface area (Å²) < 4.78 is 0. The van der Waals surface area contributed by atoms with E-state index in [1.165, 1.54) is 11.1 Å². The minimum atomic E-state index is -0.491. The Bertz CT molecular complexity index is 593. The molecule has 0 saturated carbocycles. The lowest BCUT2D eigenvalue weighted by molar-refractivity contribution is 0.100. The summed E-state index contributed by atoms with van der Waals surface area (Å²) in [6, 6.07) is 9.31. The highest BCUT2D eigenvalue weighted by Crippen LogP contribution is 2.20. The highest BCUT2D eigenvalue weighted by molar-refractivity contribution is 5.98. The number of benzene rings is 1. The average Bonchev–Trinajstić information content (AvgIpc) is 2.34. The van der Waals surface area contributed by atoms with Crippen LogP contribution in [0.4, 0.5) is 11.5 Å². The molecule has 0 fully saturated rings. The lowest BCUT2D eigenvalue weighted by Crippen LogP contribution is -2.14. The summed E-state index contributed by atoms with van der Waals surface area (Å²) in [5.41, 5.74) is 8.97. The number of nitrogens with two attached hydrogens (primary N) is 1. The number of rotatable bonds is 3. The molecule has 1 heterocycles. The van der Waals surface area contributed by atoms with E-state index >= 15 is 0 Å². The number of hydrogen-bond acceptors (Lipinski definition) is 3. The van der Waals surface area contributed by atoms with E-state index in [0.29, 0.717) is 11.4 Å². The Labute approximate surface area is 106 Å². The molecule has 4 nitrogen and oxygen atoms in total. The standard InChI is InChI=1S/C14H15N3O/c1-9-5-6-11(8-10(9)2)17-14-12(13(15)18)4-3-7-16-14/h3-8H,1-2H3,(H2,15,18)(H,16,17). The second kappa shape index (κ2) is 4.87. The van der Waals surface area contributed by atoms with E-state index in [2.05, 4.69) is 17.2 Å². The molecule has 92 valence electrons. The molecule has 0 aliphatic heterocycles. The molecule has 0 bridgehead atoms. The SMILES string of the molecule is Cc1ccc(Nc2ncccc2C(N)=O)cc1C. The summed E-state index contributed by atoms with van der Waals surface area (Å²) in [5.74, 6) is -0.0114. The van der Waals surface area contributed by atoms with Crippen LogP contribution in [0.25, 0.3) is 0 Å². The van der Waals surface area contributed by atoms with Gasteiger partial charge in [-0.25, -0.2) is 4.98 Å². The van der Waals surface area contributed by atoms with Crippen LogP contribution in [-0.4, -0.2) is 10.9 Å². The van der Waals surface area contributed by atoms with Crippen molar-refractivity contribution in [3.8, 4) is 0 Å². The van der Waals surface area contributed by atoms with Crippen LogP contribution in [0.15, 0.2) is 36.5 Å². The number of aromatic nitrogens is 1. The van der Waals surface area contributed by atoms with Gasteiger partial charge >= 0.3 is 0 Å². The number of primary amides is 1. The zero-order valence-corrected chi connectivity index (χ0v) is 10.4. The molecule has 2 rings (SSSR count). The fourth-order valence-corrected chi connectivity index (χ4v) is 1.66. The van der Waals surface area contributed by atoms with E-state index in [1.54, 1.807) is 18.3 Å². The van der Waals surface area contributed by atoms with Gasteiger partial charge in [0.1, 0.15) is 5.82 Å². The zero-order chi connectivity index (χ0) is 13.1. The molecule has 18 heavy (non-hydrogen) atoms. The summed E-state index contributed by atoms with van der Waals surface area (Å²) in [7, 11) is 0. The van der Waals surface area contributed by atoms with E-state index in [0.717, 1.165) is 5.69 Å². The van der Waals surface area contributed by atoms with Crippen LogP contribution in [0.2, 0.25) is 0 Å². The van der Waals surface area contributed by atoms with Crippen molar-refractivity contribution < 1.29 is 4.79 Å². The molecule has 3 N–H and O–H groups in total. The van der Waals surface area contributed by atoms with Gasteiger partial charge in [0.15, 0.2) is 0 Å². The van der Waals surface area contributed by atoms with Crippen LogP contribution in [0.5, 0.6) is 0 Å². The van der Waals surface area contributed by atoms with Gasteiger partial charge in [0.05, 0.1) is 5.56 Å². The van der Waals surface area contributed by atoms with Crippen LogP contribution >= 0.6 is 0 Å². The maximum absolute atomic E-state index is 11.3. The van der Waals surface area contributed by atoms with Crippen molar-refractivity contribution in [2.45, 2.75) is 13.8 Å². The van der Waals surface area contributed by atoms with Crippen LogP contribution in [0.3, 0.4) is 0 Å². The molecule has 0 aliphatic carbocycles. The van der Waals surface area contributed by atoms with E-state index in [9.17, 15) is 4.79 Å². The summed E-state index contributed by atoms with van der Waals surface area (Å²) in [6.07, 6.45) is 1.62. The van der Waals surface area contributed by atoms with Crippen LogP contribution < -0.4 is 11.1 Å². The Balaban J connectivity index is 2.34. The van der Waals surface area contributed by atoms with E-state index < -0.39 is 5.91 Å². The fourth-order valence-electron chi connectivity index (χ4n) is 1.66. The molecular formula is C14H15N3O. The third-order valence-corrected chi connectivity index (χ3v) is 2.84.